The minimum absolute atomic E-state index is 0.218. The lowest BCUT2D eigenvalue weighted by Crippen LogP contribution is -1.95. The number of carbonyl (C=O) groups excluding carboxylic acids is 1. The monoisotopic (exact) mass is 198 g/mol. The number of carbonyl (C=O) groups is 1. The average Bonchev–Trinajstić information content (AvgIpc) is 2.61. The van der Waals surface area contributed by atoms with E-state index in [1.165, 1.54) is 0 Å². The van der Waals surface area contributed by atoms with E-state index in [1.807, 2.05) is 12.1 Å². The number of Topliss-reactive ketones (excluding diaryl/α,β-unsaturated/α-hetero) is 1. The van der Waals surface area contributed by atoms with Crippen molar-refractivity contribution in [2.75, 3.05) is 5.73 Å². The predicted molar refractivity (Wildman–Crippen MR) is 58.8 cm³/mol. The second kappa shape index (κ2) is 2.79. The second-order valence-corrected chi connectivity index (χ2v) is 3.81. The number of aromatic nitrogens is 1. The first-order chi connectivity index (χ1) is 7.27. The molecule has 0 saturated heterocycles. The number of anilines is 1. The van der Waals surface area contributed by atoms with Crippen molar-refractivity contribution in [2.45, 2.75) is 12.8 Å². The summed E-state index contributed by atoms with van der Waals surface area (Å²) in [6.07, 6.45) is 3.09. The molecule has 0 bridgehead atoms. The van der Waals surface area contributed by atoms with Crippen molar-refractivity contribution in [2.24, 2.45) is 0 Å². The third-order valence-electron chi connectivity index (χ3n) is 2.95. The molecule has 1 aliphatic carbocycles. The molecule has 3 nitrogen and oxygen atoms in total. The molecule has 1 heterocycles. The van der Waals surface area contributed by atoms with Gasteiger partial charge in [0.25, 0.3) is 0 Å². The summed E-state index contributed by atoms with van der Waals surface area (Å²) in [6.45, 7) is 0. The Hall–Kier alpha value is -1.90. The lowest BCUT2D eigenvalue weighted by atomic mass is 10.0. The minimum atomic E-state index is 0.218. The molecule has 0 spiro atoms. The van der Waals surface area contributed by atoms with Gasteiger partial charge in [-0.3, -0.25) is 9.78 Å². The maximum atomic E-state index is 11.6. The molecule has 0 atom stereocenters. The van der Waals surface area contributed by atoms with E-state index < -0.39 is 0 Å². The third-order valence-corrected chi connectivity index (χ3v) is 2.95. The fourth-order valence-electron chi connectivity index (χ4n) is 2.24. The van der Waals surface area contributed by atoms with Gasteiger partial charge in [0.05, 0.1) is 5.52 Å². The SMILES string of the molecule is Nc1ccnc2ccc3c(c12)CCC3=O. The maximum Gasteiger partial charge on any atom is 0.163 e. The first-order valence-corrected chi connectivity index (χ1v) is 4.96. The number of hydrogen-bond acceptors (Lipinski definition) is 3. The number of nitrogens with zero attached hydrogens (tertiary/aromatic N) is 1. The van der Waals surface area contributed by atoms with Gasteiger partial charge < -0.3 is 5.73 Å². The van der Waals surface area contributed by atoms with Crippen LogP contribution in [0.4, 0.5) is 5.69 Å². The summed E-state index contributed by atoms with van der Waals surface area (Å²) in [6, 6.07) is 5.51. The Balaban J connectivity index is 2.48. The Morgan fingerprint density at radius 1 is 1.20 bits per heavy atom. The maximum absolute atomic E-state index is 11.6. The minimum Gasteiger partial charge on any atom is -0.398 e. The van der Waals surface area contributed by atoms with Crippen LogP contribution in [-0.2, 0) is 6.42 Å². The Bertz CT molecular complexity index is 575. The van der Waals surface area contributed by atoms with Gasteiger partial charge in [0.15, 0.2) is 5.78 Å². The fraction of sp³-hybridized carbons (Fsp3) is 0.167. The first-order valence-electron chi connectivity index (χ1n) is 4.96. The van der Waals surface area contributed by atoms with Gasteiger partial charge in [-0.15, -0.1) is 0 Å². The van der Waals surface area contributed by atoms with Crippen LogP contribution in [0.15, 0.2) is 24.4 Å². The van der Waals surface area contributed by atoms with E-state index in [2.05, 4.69) is 4.98 Å². The van der Waals surface area contributed by atoms with E-state index in [1.54, 1.807) is 12.3 Å². The molecule has 2 N–H and O–H groups in total. The van der Waals surface area contributed by atoms with Gasteiger partial charge >= 0.3 is 0 Å². The topological polar surface area (TPSA) is 56.0 Å². The number of pyridine rings is 1. The molecule has 74 valence electrons. The van der Waals surface area contributed by atoms with Crippen LogP contribution in [0.2, 0.25) is 0 Å². The van der Waals surface area contributed by atoms with Gasteiger partial charge in [-0.25, -0.2) is 0 Å². The molecule has 0 saturated carbocycles. The highest BCUT2D eigenvalue weighted by Crippen LogP contribution is 2.31. The standard InChI is InChI=1S/C12H10N2O/c13-9-5-6-14-10-3-1-7-8(12(9)10)2-4-11(7)15/h1,3,5-6H,2,4H2,(H2,13,14). The number of ketones is 1. The lowest BCUT2D eigenvalue weighted by Gasteiger charge is -2.06. The van der Waals surface area contributed by atoms with Gasteiger partial charge in [0, 0.05) is 29.3 Å². The number of aryl methyl sites for hydroxylation is 1. The van der Waals surface area contributed by atoms with Crippen LogP contribution >= 0.6 is 0 Å². The van der Waals surface area contributed by atoms with E-state index in [0.29, 0.717) is 12.1 Å². The van der Waals surface area contributed by atoms with Crippen molar-refractivity contribution < 1.29 is 4.79 Å². The normalized spacial score (nSPS) is 14.5. The zero-order chi connectivity index (χ0) is 10.4. The molecule has 1 aromatic carbocycles. The number of nitrogen functional groups attached to an aromatic ring is 1. The third kappa shape index (κ3) is 1.06. The number of benzene rings is 1. The summed E-state index contributed by atoms with van der Waals surface area (Å²) in [7, 11) is 0. The van der Waals surface area contributed by atoms with E-state index in [9.17, 15) is 4.79 Å². The molecule has 0 aliphatic heterocycles. The first kappa shape index (κ1) is 8.41. The summed E-state index contributed by atoms with van der Waals surface area (Å²) in [4.78, 5) is 15.8. The van der Waals surface area contributed by atoms with Crippen molar-refractivity contribution in [1.29, 1.82) is 0 Å². The highest BCUT2D eigenvalue weighted by Gasteiger charge is 2.22. The second-order valence-electron chi connectivity index (χ2n) is 3.81. The Labute approximate surface area is 86.9 Å². The van der Waals surface area contributed by atoms with Crippen LogP contribution < -0.4 is 5.73 Å². The van der Waals surface area contributed by atoms with Crippen molar-refractivity contribution in [1.82, 2.24) is 4.98 Å². The van der Waals surface area contributed by atoms with Crippen LogP contribution in [0.1, 0.15) is 22.3 Å². The van der Waals surface area contributed by atoms with Crippen molar-refractivity contribution in [3.63, 3.8) is 0 Å². The molecule has 1 aliphatic rings. The molecule has 0 unspecified atom stereocenters. The van der Waals surface area contributed by atoms with Crippen molar-refractivity contribution in [3.8, 4) is 0 Å². The van der Waals surface area contributed by atoms with Gasteiger partial charge in [-0.2, -0.15) is 0 Å². The molecule has 3 rings (SSSR count). The van der Waals surface area contributed by atoms with Gasteiger partial charge in [0.1, 0.15) is 0 Å². The summed E-state index contributed by atoms with van der Waals surface area (Å²) in [5, 5.41) is 0.959. The smallest absolute Gasteiger partial charge is 0.163 e. The largest absolute Gasteiger partial charge is 0.398 e. The molecule has 0 radical (unpaired) electrons. The molecule has 0 amide bonds. The Kier molecular flexibility index (Phi) is 1.57. The number of hydrogen-bond donors (Lipinski definition) is 1. The van der Waals surface area contributed by atoms with Crippen molar-refractivity contribution >= 4 is 22.4 Å². The molecular formula is C12H10N2O. The molecule has 1 aromatic heterocycles. The quantitative estimate of drug-likeness (QED) is 0.703. The van der Waals surface area contributed by atoms with Crippen LogP contribution in [0.5, 0.6) is 0 Å². The van der Waals surface area contributed by atoms with Gasteiger partial charge in [-0.05, 0) is 30.2 Å². The highest BCUT2D eigenvalue weighted by molar-refractivity contribution is 6.07. The van der Waals surface area contributed by atoms with Crippen LogP contribution in [0.25, 0.3) is 10.9 Å². The van der Waals surface area contributed by atoms with E-state index in [4.69, 9.17) is 5.73 Å². The van der Waals surface area contributed by atoms with Crippen molar-refractivity contribution in [3.05, 3.63) is 35.5 Å². The average molecular weight is 198 g/mol. The molecule has 3 heteroatoms. The molecular weight excluding hydrogens is 188 g/mol. The molecule has 15 heavy (non-hydrogen) atoms. The van der Waals surface area contributed by atoms with E-state index >= 15 is 0 Å². The number of nitrogens with two attached hydrogens (primary N) is 1. The van der Waals surface area contributed by atoms with E-state index in [-0.39, 0.29) is 5.78 Å². The summed E-state index contributed by atoms with van der Waals surface area (Å²) < 4.78 is 0. The molecule has 2 aromatic rings. The fourth-order valence-corrected chi connectivity index (χ4v) is 2.24. The summed E-state index contributed by atoms with van der Waals surface area (Å²) >= 11 is 0. The van der Waals surface area contributed by atoms with Gasteiger partial charge in [-0.1, -0.05) is 0 Å². The van der Waals surface area contributed by atoms with E-state index in [0.717, 1.165) is 28.5 Å². The Morgan fingerprint density at radius 3 is 2.93 bits per heavy atom. The summed E-state index contributed by atoms with van der Waals surface area (Å²) in [5.74, 6) is 0.218. The van der Waals surface area contributed by atoms with Crippen LogP contribution in [0.3, 0.4) is 0 Å². The van der Waals surface area contributed by atoms with Crippen LogP contribution in [-0.4, -0.2) is 10.8 Å². The number of rotatable bonds is 0. The zero-order valence-electron chi connectivity index (χ0n) is 8.16. The predicted octanol–water partition coefficient (Wildman–Crippen LogP) is 1.95. The van der Waals surface area contributed by atoms with Crippen LogP contribution in [0, 0.1) is 0 Å². The lowest BCUT2D eigenvalue weighted by molar-refractivity contribution is 0.0994. The van der Waals surface area contributed by atoms with Gasteiger partial charge in [0.2, 0.25) is 0 Å². The highest BCUT2D eigenvalue weighted by atomic mass is 16.1. The zero-order valence-corrected chi connectivity index (χ0v) is 8.16. The number of fused-ring (bicyclic) bond motifs is 3. The molecule has 0 fully saturated rings. The summed E-state index contributed by atoms with van der Waals surface area (Å²) in [5.41, 5.74) is 9.41. The Morgan fingerprint density at radius 2 is 2.07 bits per heavy atom.